The Morgan fingerprint density at radius 1 is 1.33 bits per heavy atom. The smallest absolute Gasteiger partial charge is 0.238 e. The van der Waals surface area contributed by atoms with Crippen LogP contribution in [0, 0.1) is 13.8 Å². The van der Waals surface area contributed by atoms with Crippen LogP contribution in [0.5, 0.6) is 0 Å². The van der Waals surface area contributed by atoms with Crippen LogP contribution in [-0.4, -0.2) is 37.1 Å². The molecule has 0 bridgehead atoms. The Hall–Kier alpha value is -1.42. The number of amides is 1. The summed E-state index contributed by atoms with van der Waals surface area (Å²) in [7, 11) is 0. The molecule has 0 aliphatic heterocycles. The highest BCUT2D eigenvalue weighted by atomic mass is 19.1. The molecule has 0 unspecified atom stereocenters. The number of hydrogen-bond acceptors (Lipinski definition) is 2. The number of likely N-dealkylation sites (N-methyl/N-ethyl adjacent to an activating group) is 1. The molecule has 0 saturated heterocycles. The molecular formula is C14H21FN2O. The van der Waals surface area contributed by atoms with Crippen LogP contribution in [0.4, 0.5) is 10.1 Å². The lowest BCUT2D eigenvalue weighted by Gasteiger charge is -2.19. The van der Waals surface area contributed by atoms with Gasteiger partial charge in [-0.1, -0.05) is 25.1 Å². The highest BCUT2D eigenvalue weighted by molar-refractivity contribution is 5.93. The van der Waals surface area contributed by atoms with Gasteiger partial charge >= 0.3 is 0 Å². The zero-order chi connectivity index (χ0) is 13.5. The molecule has 0 spiro atoms. The zero-order valence-electron chi connectivity index (χ0n) is 11.3. The number of rotatable bonds is 6. The molecule has 1 aromatic rings. The van der Waals surface area contributed by atoms with E-state index < -0.39 is 6.67 Å². The third-order valence-corrected chi connectivity index (χ3v) is 2.96. The molecule has 0 saturated carbocycles. The Kier molecular flexibility index (Phi) is 5.78. The molecule has 4 heteroatoms. The van der Waals surface area contributed by atoms with Gasteiger partial charge in [0.2, 0.25) is 5.91 Å². The Labute approximate surface area is 108 Å². The average Bonchev–Trinajstić information content (AvgIpc) is 2.33. The van der Waals surface area contributed by atoms with Crippen molar-refractivity contribution >= 4 is 11.6 Å². The van der Waals surface area contributed by atoms with Gasteiger partial charge in [0.1, 0.15) is 6.67 Å². The monoisotopic (exact) mass is 252 g/mol. The molecule has 0 aliphatic rings. The van der Waals surface area contributed by atoms with Crippen LogP contribution < -0.4 is 5.32 Å². The second-order valence-electron chi connectivity index (χ2n) is 4.37. The Morgan fingerprint density at radius 2 is 1.94 bits per heavy atom. The highest BCUT2D eigenvalue weighted by Crippen LogP contribution is 2.19. The lowest BCUT2D eigenvalue weighted by atomic mass is 10.1. The van der Waals surface area contributed by atoms with E-state index in [1.807, 2.05) is 39.0 Å². The minimum Gasteiger partial charge on any atom is -0.324 e. The molecule has 1 amide bonds. The van der Waals surface area contributed by atoms with Gasteiger partial charge in [0, 0.05) is 12.2 Å². The predicted molar refractivity (Wildman–Crippen MR) is 72.6 cm³/mol. The fraction of sp³-hybridized carbons (Fsp3) is 0.500. The Balaban J connectivity index is 2.64. The van der Waals surface area contributed by atoms with Crippen LogP contribution in [0.2, 0.25) is 0 Å². The lowest BCUT2D eigenvalue weighted by Crippen LogP contribution is -2.34. The van der Waals surface area contributed by atoms with Gasteiger partial charge in [0.05, 0.1) is 6.54 Å². The number of halogens is 1. The van der Waals surface area contributed by atoms with E-state index in [0.29, 0.717) is 13.1 Å². The summed E-state index contributed by atoms with van der Waals surface area (Å²) >= 11 is 0. The lowest BCUT2D eigenvalue weighted by molar-refractivity contribution is -0.117. The molecule has 1 N–H and O–H groups in total. The average molecular weight is 252 g/mol. The van der Waals surface area contributed by atoms with E-state index in [0.717, 1.165) is 16.8 Å². The summed E-state index contributed by atoms with van der Waals surface area (Å²) in [6.07, 6.45) is 0. The molecule has 1 rings (SSSR count). The van der Waals surface area contributed by atoms with Crippen molar-refractivity contribution in [2.24, 2.45) is 0 Å². The minimum absolute atomic E-state index is 0.0947. The van der Waals surface area contributed by atoms with Crippen LogP contribution in [0.25, 0.3) is 0 Å². The van der Waals surface area contributed by atoms with Crippen molar-refractivity contribution in [1.82, 2.24) is 4.90 Å². The van der Waals surface area contributed by atoms with Crippen molar-refractivity contribution in [3.8, 4) is 0 Å². The number of para-hydroxylation sites is 1. The number of alkyl halides is 1. The number of carbonyl (C=O) groups excluding carboxylic acids is 1. The van der Waals surface area contributed by atoms with Gasteiger partial charge in [0.15, 0.2) is 0 Å². The number of carbonyl (C=O) groups is 1. The molecule has 1 aromatic carbocycles. The molecule has 0 fully saturated rings. The third-order valence-electron chi connectivity index (χ3n) is 2.96. The molecule has 0 heterocycles. The summed E-state index contributed by atoms with van der Waals surface area (Å²) < 4.78 is 12.3. The zero-order valence-corrected chi connectivity index (χ0v) is 11.3. The van der Waals surface area contributed by atoms with Gasteiger partial charge in [0.25, 0.3) is 0 Å². The van der Waals surface area contributed by atoms with Gasteiger partial charge < -0.3 is 5.32 Å². The summed E-state index contributed by atoms with van der Waals surface area (Å²) in [5.41, 5.74) is 2.94. The summed E-state index contributed by atoms with van der Waals surface area (Å²) in [5.74, 6) is -0.0947. The topological polar surface area (TPSA) is 32.3 Å². The summed E-state index contributed by atoms with van der Waals surface area (Å²) in [6, 6.07) is 5.88. The third kappa shape index (κ3) is 4.11. The van der Waals surface area contributed by atoms with E-state index in [9.17, 15) is 9.18 Å². The number of anilines is 1. The van der Waals surface area contributed by atoms with Crippen molar-refractivity contribution in [3.05, 3.63) is 29.3 Å². The van der Waals surface area contributed by atoms with E-state index in [1.54, 1.807) is 4.90 Å². The first-order chi connectivity index (χ1) is 8.58. The van der Waals surface area contributed by atoms with Crippen molar-refractivity contribution in [3.63, 3.8) is 0 Å². The van der Waals surface area contributed by atoms with E-state index in [-0.39, 0.29) is 12.5 Å². The van der Waals surface area contributed by atoms with Crippen molar-refractivity contribution in [2.45, 2.75) is 20.8 Å². The summed E-state index contributed by atoms with van der Waals surface area (Å²) in [5, 5.41) is 2.90. The molecule has 3 nitrogen and oxygen atoms in total. The number of nitrogens with one attached hydrogen (secondary N) is 1. The van der Waals surface area contributed by atoms with Crippen LogP contribution in [0.3, 0.4) is 0 Å². The molecule has 18 heavy (non-hydrogen) atoms. The summed E-state index contributed by atoms with van der Waals surface area (Å²) in [6.45, 7) is 6.62. The van der Waals surface area contributed by atoms with Crippen molar-refractivity contribution < 1.29 is 9.18 Å². The fourth-order valence-electron chi connectivity index (χ4n) is 1.86. The quantitative estimate of drug-likeness (QED) is 0.843. The number of nitrogens with zero attached hydrogens (tertiary/aromatic N) is 1. The first kappa shape index (κ1) is 14.6. The van der Waals surface area contributed by atoms with Crippen LogP contribution in [0.15, 0.2) is 18.2 Å². The van der Waals surface area contributed by atoms with E-state index in [4.69, 9.17) is 0 Å². The molecule has 0 atom stereocenters. The summed E-state index contributed by atoms with van der Waals surface area (Å²) in [4.78, 5) is 13.7. The number of aryl methyl sites for hydroxylation is 2. The number of hydrogen-bond donors (Lipinski definition) is 1. The van der Waals surface area contributed by atoms with E-state index >= 15 is 0 Å². The SMILES string of the molecule is CCN(CCF)CC(=O)Nc1c(C)cccc1C. The maximum atomic E-state index is 12.3. The number of benzene rings is 1. The molecule has 0 aromatic heterocycles. The fourth-order valence-corrected chi connectivity index (χ4v) is 1.86. The maximum Gasteiger partial charge on any atom is 0.238 e. The normalized spacial score (nSPS) is 10.7. The maximum absolute atomic E-state index is 12.3. The second-order valence-corrected chi connectivity index (χ2v) is 4.37. The highest BCUT2D eigenvalue weighted by Gasteiger charge is 2.11. The first-order valence-corrected chi connectivity index (χ1v) is 6.22. The van der Waals surface area contributed by atoms with Crippen molar-refractivity contribution in [1.29, 1.82) is 0 Å². The predicted octanol–water partition coefficient (Wildman–Crippen LogP) is 2.53. The van der Waals surface area contributed by atoms with E-state index in [1.165, 1.54) is 0 Å². The van der Waals surface area contributed by atoms with Crippen molar-refractivity contribution in [2.75, 3.05) is 31.6 Å². The van der Waals surface area contributed by atoms with Gasteiger partial charge in [-0.15, -0.1) is 0 Å². The standard InChI is InChI=1S/C14H21FN2O/c1-4-17(9-8-15)10-13(18)16-14-11(2)6-5-7-12(14)3/h5-7H,4,8-10H2,1-3H3,(H,16,18). The molecule has 100 valence electrons. The van der Waals surface area contributed by atoms with E-state index in [2.05, 4.69) is 5.32 Å². The molecule has 0 aliphatic carbocycles. The first-order valence-electron chi connectivity index (χ1n) is 6.22. The largest absolute Gasteiger partial charge is 0.324 e. The van der Waals surface area contributed by atoms with Gasteiger partial charge in [-0.25, -0.2) is 4.39 Å². The van der Waals surface area contributed by atoms with Gasteiger partial charge in [-0.05, 0) is 31.5 Å². The Bertz CT molecular complexity index is 387. The van der Waals surface area contributed by atoms with Gasteiger partial charge in [-0.3, -0.25) is 9.69 Å². The van der Waals surface area contributed by atoms with Crippen LogP contribution >= 0.6 is 0 Å². The van der Waals surface area contributed by atoms with Gasteiger partial charge in [-0.2, -0.15) is 0 Å². The second kappa shape index (κ2) is 7.11. The minimum atomic E-state index is -0.426. The molecular weight excluding hydrogens is 231 g/mol. The van der Waals surface area contributed by atoms with Crippen LogP contribution in [-0.2, 0) is 4.79 Å². The van der Waals surface area contributed by atoms with Crippen LogP contribution in [0.1, 0.15) is 18.1 Å². The Morgan fingerprint density at radius 3 is 2.44 bits per heavy atom. The molecule has 0 radical (unpaired) electrons.